The largest absolute Gasteiger partial charge is 0.334 e. The Morgan fingerprint density at radius 2 is 1.79 bits per heavy atom. The molecule has 1 aromatic carbocycles. The lowest BCUT2D eigenvalue weighted by Crippen LogP contribution is -2.43. The summed E-state index contributed by atoms with van der Waals surface area (Å²) in [5, 5.41) is 4.12. The van der Waals surface area contributed by atoms with Gasteiger partial charge in [-0.1, -0.05) is 24.3 Å². The lowest BCUT2D eigenvalue weighted by Gasteiger charge is -2.08. The molecule has 1 heterocycles. The number of amides is 2. The van der Waals surface area contributed by atoms with Crippen molar-refractivity contribution in [3.8, 4) is 0 Å². The van der Waals surface area contributed by atoms with Crippen LogP contribution >= 0.6 is 11.3 Å². The number of hydrogen-bond donors (Lipinski definition) is 3. The molecule has 2 rings (SSSR count). The van der Waals surface area contributed by atoms with E-state index in [2.05, 4.69) is 10.7 Å². The van der Waals surface area contributed by atoms with E-state index in [9.17, 15) is 13.2 Å². The highest BCUT2D eigenvalue weighted by atomic mass is 32.2. The number of nitrogens with one attached hydrogen (secondary N) is 3. The molecule has 0 unspecified atom stereocenters. The van der Waals surface area contributed by atoms with Crippen molar-refractivity contribution in [1.82, 2.24) is 10.3 Å². The zero-order chi connectivity index (χ0) is 13.7. The van der Waals surface area contributed by atoms with E-state index in [4.69, 9.17) is 0 Å². The van der Waals surface area contributed by atoms with E-state index in [1.165, 1.54) is 6.07 Å². The van der Waals surface area contributed by atoms with E-state index >= 15 is 0 Å². The van der Waals surface area contributed by atoms with Crippen molar-refractivity contribution in [2.75, 3.05) is 5.32 Å². The van der Waals surface area contributed by atoms with Crippen molar-refractivity contribution in [1.29, 1.82) is 0 Å². The first-order valence-electron chi connectivity index (χ1n) is 5.25. The summed E-state index contributed by atoms with van der Waals surface area (Å²) in [6.45, 7) is 0. The van der Waals surface area contributed by atoms with E-state index < -0.39 is 16.1 Å². The predicted molar refractivity (Wildman–Crippen MR) is 73.2 cm³/mol. The standard InChI is InChI=1S/C11H11N3O3S2/c15-11(12-9-5-2-1-3-6-9)13-14-19(16,17)10-7-4-8-18-10/h1-8,14H,(H2,12,13,15). The van der Waals surface area contributed by atoms with Crippen LogP contribution in [0, 0.1) is 0 Å². The van der Waals surface area contributed by atoms with E-state index in [0.717, 1.165) is 11.3 Å². The summed E-state index contributed by atoms with van der Waals surface area (Å²) in [6.07, 6.45) is 0. The second-order valence-electron chi connectivity index (χ2n) is 3.48. The van der Waals surface area contributed by atoms with Crippen molar-refractivity contribution < 1.29 is 13.2 Å². The van der Waals surface area contributed by atoms with E-state index in [-0.39, 0.29) is 4.21 Å². The third-order valence-corrected chi connectivity index (χ3v) is 4.74. The SMILES string of the molecule is O=C(NNS(=O)(=O)c1cccs1)Nc1ccccc1. The van der Waals surface area contributed by atoms with Gasteiger partial charge in [-0.15, -0.1) is 16.2 Å². The number of carbonyl (C=O) groups excluding carboxylic acids is 1. The molecule has 0 atom stereocenters. The quantitative estimate of drug-likeness (QED) is 0.751. The van der Waals surface area contributed by atoms with Gasteiger partial charge in [-0.3, -0.25) is 5.43 Å². The fourth-order valence-electron chi connectivity index (χ4n) is 1.26. The highest BCUT2D eigenvalue weighted by Gasteiger charge is 2.15. The van der Waals surface area contributed by atoms with Gasteiger partial charge in [0.15, 0.2) is 0 Å². The number of sulfonamides is 1. The molecule has 8 heteroatoms. The smallest absolute Gasteiger partial charge is 0.307 e. The van der Waals surface area contributed by atoms with Gasteiger partial charge in [0.05, 0.1) is 0 Å². The Balaban J connectivity index is 1.91. The third kappa shape index (κ3) is 3.78. The Bertz CT molecular complexity index is 639. The second-order valence-corrected chi connectivity index (χ2v) is 6.34. The van der Waals surface area contributed by atoms with E-state index in [0.29, 0.717) is 5.69 Å². The maximum atomic E-state index is 11.7. The van der Waals surface area contributed by atoms with E-state index in [1.807, 2.05) is 10.9 Å². The maximum Gasteiger partial charge on any atom is 0.334 e. The van der Waals surface area contributed by atoms with Crippen LogP contribution in [0.5, 0.6) is 0 Å². The van der Waals surface area contributed by atoms with Gasteiger partial charge in [0.1, 0.15) is 4.21 Å². The molecular weight excluding hydrogens is 286 g/mol. The minimum Gasteiger partial charge on any atom is -0.307 e. The normalized spacial score (nSPS) is 10.9. The van der Waals surface area contributed by atoms with Gasteiger partial charge in [0.2, 0.25) is 0 Å². The number of carbonyl (C=O) groups is 1. The minimum absolute atomic E-state index is 0.132. The molecule has 1 aromatic heterocycles. The fraction of sp³-hybridized carbons (Fsp3) is 0. The maximum absolute atomic E-state index is 11.7. The molecule has 0 aliphatic rings. The lowest BCUT2D eigenvalue weighted by atomic mass is 10.3. The van der Waals surface area contributed by atoms with Crippen LogP contribution in [-0.4, -0.2) is 14.4 Å². The molecule has 0 fully saturated rings. The summed E-state index contributed by atoms with van der Waals surface area (Å²) < 4.78 is 23.5. The van der Waals surface area contributed by atoms with Gasteiger partial charge < -0.3 is 5.32 Å². The molecule has 0 radical (unpaired) electrons. The van der Waals surface area contributed by atoms with Gasteiger partial charge in [0, 0.05) is 5.69 Å². The zero-order valence-corrected chi connectivity index (χ0v) is 11.3. The highest BCUT2D eigenvalue weighted by Crippen LogP contribution is 2.14. The molecular formula is C11H11N3O3S2. The van der Waals surface area contributed by atoms with Crippen molar-refractivity contribution in [2.24, 2.45) is 0 Å². The van der Waals surface area contributed by atoms with Gasteiger partial charge in [-0.2, -0.15) is 0 Å². The lowest BCUT2D eigenvalue weighted by molar-refractivity contribution is 0.250. The molecule has 0 aliphatic carbocycles. The molecule has 0 bridgehead atoms. The molecule has 0 spiro atoms. The monoisotopic (exact) mass is 297 g/mol. The first-order valence-corrected chi connectivity index (χ1v) is 7.61. The molecule has 2 amide bonds. The molecule has 0 aliphatic heterocycles. The van der Waals surface area contributed by atoms with Crippen molar-refractivity contribution >= 4 is 33.1 Å². The summed E-state index contributed by atoms with van der Waals surface area (Å²) in [7, 11) is -3.71. The van der Waals surface area contributed by atoms with Crippen LogP contribution in [0.25, 0.3) is 0 Å². The topological polar surface area (TPSA) is 87.3 Å². The Labute approximate surface area is 114 Å². The van der Waals surface area contributed by atoms with Gasteiger partial charge in [-0.05, 0) is 23.6 Å². The van der Waals surface area contributed by atoms with Gasteiger partial charge >= 0.3 is 6.03 Å². The third-order valence-electron chi connectivity index (χ3n) is 2.09. The molecule has 6 nitrogen and oxygen atoms in total. The van der Waals surface area contributed by atoms with Crippen LogP contribution in [-0.2, 0) is 10.0 Å². The number of para-hydroxylation sites is 1. The Hall–Kier alpha value is -1.90. The number of anilines is 1. The number of urea groups is 1. The molecule has 100 valence electrons. The molecule has 2 aromatic rings. The Morgan fingerprint density at radius 1 is 1.05 bits per heavy atom. The van der Waals surface area contributed by atoms with Gasteiger partial charge in [-0.25, -0.2) is 13.2 Å². The van der Waals surface area contributed by atoms with Crippen molar-refractivity contribution in [2.45, 2.75) is 4.21 Å². The number of hydrazine groups is 1. The zero-order valence-electron chi connectivity index (χ0n) is 9.66. The first-order chi connectivity index (χ1) is 9.08. The van der Waals surface area contributed by atoms with Gasteiger partial charge in [0.25, 0.3) is 10.0 Å². The number of hydrogen-bond acceptors (Lipinski definition) is 4. The molecule has 0 saturated heterocycles. The van der Waals surface area contributed by atoms with Crippen molar-refractivity contribution in [3.05, 3.63) is 47.8 Å². The summed E-state index contributed by atoms with van der Waals surface area (Å²) in [4.78, 5) is 13.5. The minimum atomic E-state index is -3.71. The average molecular weight is 297 g/mol. The first kappa shape index (κ1) is 13.5. The summed E-state index contributed by atoms with van der Waals surface area (Å²) >= 11 is 1.06. The van der Waals surface area contributed by atoms with E-state index in [1.54, 1.807) is 35.7 Å². The fourth-order valence-corrected chi connectivity index (χ4v) is 3.10. The Kier molecular flexibility index (Phi) is 4.15. The summed E-state index contributed by atoms with van der Waals surface area (Å²) in [5.74, 6) is 0. The van der Waals surface area contributed by atoms with Crippen LogP contribution in [0.3, 0.4) is 0 Å². The van der Waals surface area contributed by atoms with Crippen LogP contribution < -0.4 is 15.6 Å². The van der Waals surface area contributed by atoms with Crippen LogP contribution in [0.1, 0.15) is 0 Å². The molecule has 19 heavy (non-hydrogen) atoms. The number of thiophene rings is 1. The average Bonchev–Trinajstić information content (AvgIpc) is 2.92. The number of rotatable bonds is 4. The number of benzene rings is 1. The molecule has 3 N–H and O–H groups in total. The van der Waals surface area contributed by atoms with Crippen LogP contribution in [0.4, 0.5) is 10.5 Å². The summed E-state index contributed by atoms with van der Waals surface area (Å²) in [6, 6.07) is 11.1. The predicted octanol–water partition coefficient (Wildman–Crippen LogP) is 1.76. The summed E-state index contributed by atoms with van der Waals surface area (Å²) in [5.41, 5.74) is 2.64. The van der Waals surface area contributed by atoms with Crippen LogP contribution in [0.15, 0.2) is 52.1 Å². The van der Waals surface area contributed by atoms with Crippen LogP contribution in [0.2, 0.25) is 0 Å². The molecule has 0 saturated carbocycles. The second kappa shape index (κ2) is 5.83. The van der Waals surface area contributed by atoms with Crippen molar-refractivity contribution in [3.63, 3.8) is 0 Å². The Morgan fingerprint density at radius 3 is 2.42 bits per heavy atom. The highest BCUT2D eigenvalue weighted by molar-refractivity contribution is 7.91.